The van der Waals surface area contributed by atoms with Crippen LogP contribution in [0.15, 0.2) is 24.3 Å². The Kier molecular flexibility index (Phi) is 6.44. The Morgan fingerprint density at radius 2 is 2.00 bits per heavy atom. The van der Waals surface area contributed by atoms with Crippen LogP contribution in [0.25, 0.3) is 0 Å². The first-order valence-electron chi connectivity index (χ1n) is 7.63. The van der Waals surface area contributed by atoms with E-state index in [-0.39, 0.29) is 24.5 Å². The van der Waals surface area contributed by atoms with Crippen molar-refractivity contribution in [3.05, 3.63) is 29.8 Å². The first kappa shape index (κ1) is 18.2. The van der Waals surface area contributed by atoms with Crippen molar-refractivity contribution in [2.24, 2.45) is 5.92 Å². The lowest BCUT2D eigenvalue weighted by molar-refractivity contribution is -0.131. The number of carbonyl (C=O) groups is 1. The molecule has 1 aromatic rings. The van der Waals surface area contributed by atoms with Crippen LogP contribution in [-0.2, 0) is 9.53 Å². The molecule has 6 heteroatoms. The van der Waals surface area contributed by atoms with E-state index in [0.717, 1.165) is 17.1 Å². The molecular weight excluding hydrogens is 330 g/mol. The summed E-state index contributed by atoms with van der Waals surface area (Å²) < 4.78 is 11.4. The number of hydrogen-bond acceptors (Lipinski definition) is 5. The number of thioether (sulfide) groups is 1. The second-order valence-corrected chi connectivity index (χ2v) is 7.51. The fraction of sp³-hybridized carbons (Fsp3) is 0.529. The molecule has 1 amide bonds. The molecule has 23 heavy (non-hydrogen) atoms. The summed E-state index contributed by atoms with van der Waals surface area (Å²) in [6, 6.07) is 7.78. The Hall–Kier alpha value is -1.11. The van der Waals surface area contributed by atoms with Crippen LogP contribution in [0.3, 0.4) is 0 Å². The molecule has 1 aromatic carbocycles. The van der Waals surface area contributed by atoms with Crippen LogP contribution < -0.4 is 4.74 Å². The number of ether oxygens (including phenoxy) is 2. The number of nitrogens with zero attached hydrogens (tertiary/aromatic N) is 1. The molecule has 1 saturated heterocycles. The molecular formula is C17H23NO3S2. The second kappa shape index (κ2) is 8.13. The van der Waals surface area contributed by atoms with E-state index in [2.05, 4.69) is 13.8 Å². The van der Waals surface area contributed by atoms with Gasteiger partial charge in [-0.2, -0.15) is 0 Å². The summed E-state index contributed by atoms with van der Waals surface area (Å²) >= 11 is 6.95. The minimum absolute atomic E-state index is 0.0290. The highest BCUT2D eigenvalue weighted by molar-refractivity contribution is 8.23. The van der Waals surface area contributed by atoms with Crippen LogP contribution in [-0.4, -0.2) is 41.1 Å². The first-order chi connectivity index (χ1) is 11.0. The molecule has 0 unspecified atom stereocenters. The van der Waals surface area contributed by atoms with Gasteiger partial charge in [0.05, 0.1) is 19.6 Å². The monoisotopic (exact) mass is 353 g/mol. The van der Waals surface area contributed by atoms with Crippen molar-refractivity contribution in [3.63, 3.8) is 0 Å². The number of thiocarbonyl (C=S) groups is 1. The maximum atomic E-state index is 12.8. The molecule has 0 aromatic heterocycles. The smallest absolute Gasteiger partial charge is 0.231 e. The molecule has 0 aliphatic carbocycles. The van der Waals surface area contributed by atoms with Crippen molar-refractivity contribution >= 4 is 34.2 Å². The number of benzene rings is 1. The van der Waals surface area contributed by atoms with E-state index in [4.69, 9.17) is 21.7 Å². The Labute approximate surface area is 147 Å². The van der Waals surface area contributed by atoms with Gasteiger partial charge in [0.2, 0.25) is 5.91 Å². The molecule has 126 valence electrons. The van der Waals surface area contributed by atoms with Crippen LogP contribution in [0, 0.1) is 5.92 Å². The summed E-state index contributed by atoms with van der Waals surface area (Å²) in [7, 11) is 3.25. The predicted molar refractivity (Wildman–Crippen MR) is 97.9 cm³/mol. The Bertz CT molecular complexity index is 559. The van der Waals surface area contributed by atoms with E-state index in [9.17, 15) is 4.79 Å². The minimum Gasteiger partial charge on any atom is -0.497 e. The Morgan fingerprint density at radius 1 is 1.35 bits per heavy atom. The van der Waals surface area contributed by atoms with Crippen LogP contribution in [0.1, 0.15) is 31.9 Å². The summed E-state index contributed by atoms with van der Waals surface area (Å²) in [6.07, 6.45) is 0.00171. The summed E-state index contributed by atoms with van der Waals surface area (Å²) in [4.78, 5) is 14.5. The number of rotatable bonds is 6. The third kappa shape index (κ3) is 4.25. The predicted octanol–water partition coefficient (Wildman–Crippen LogP) is 3.66. The summed E-state index contributed by atoms with van der Waals surface area (Å²) in [5.41, 5.74) is 0.959. The van der Waals surface area contributed by atoms with E-state index in [1.54, 1.807) is 30.9 Å². The molecule has 2 atom stereocenters. The molecule has 4 nitrogen and oxygen atoms in total. The summed E-state index contributed by atoms with van der Waals surface area (Å²) in [6.45, 7) is 4.24. The van der Waals surface area contributed by atoms with E-state index >= 15 is 0 Å². The average molecular weight is 354 g/mol. The molecule has 2 rings (SSSR count). The SMILES string of the molecule is COc1ccc([C@H](CC(=O)N2C(=S)SC[C@@H]2C(C)C)OC)cc1. The largest absolute Gasteiger partial charge is 0.497 e. The van der Waals surface area contributed by atoms with Crippen molar-refractivity contribution in [1.29, 1.82) is 0 Å². The molecule has 0 radical (unpaired) electrons. The van der Waals surface area contributed by atoms with Gasteiger partial charge in [-0.05, 0) is 23.6 Å². The van der Waals surface area contributed by atoms with Crippen LogP contribution in [0.5, 0.6) is 5.75 Å². The fourth-order valence-electron chi connectivity index (χ4n) is 2.63. The minimum atomic E-state index is -0.283. The molecule has 1 aliphatic rings. The maximum absolute atomic E-state index is 12.8. The third-order valence-electron chi connectivity index (χ3n) is 4.08. The van der Waals surface area contributed by atoms with Crippen LogP contribution in [0.4, 0.5) is 0 Å². The van der Waals surface area contributed by atoms with Crippen LogP contribution in [0.2, 0.25) is 0 Å². The molecule has 1 fully saturated rings. The van der Waals surface area contributed by atoms with Gasteiger partial charge in [0.25, 0.3) is 0 Å². The topological polar surface area (TPSA) is 38.8 Å². The van der Waals surface area contributed by atoms with Crippen molar-refractivity contribution < 1.29 is 14.3 Å². The van der Waals surface area contributed by atoms with Crippen molar-refractivity contribution in [3.8, 4) is 5.75 Å². The highest BCUT2D eigenvalue weighted by Crippen LogP contribution is 2.31. The molecule has 1 heterocycles. The number of carbonyl (C=O) groups excluding carboxylic acids is 1. The lowest BCUT2D eigenvalue weighted by atomic mass is 10.0. The number of amides is 1. The lowest BCUT2D eigenvalue weighted by Crippen LogP contribution is -2.42. The van der Waals surface area contributed by atoms with Crippen molar-refractivity contribution in [2.75, 3.05) is 20.0 Å². The normalized spacial score (nSPS) is 19.3. The maximum Gasteiger partial charge on any atom is 0.231 e. The van der Waals surface area contributed by atoms with Gasteiger partial charge < -0.3 is 9.47 Å². The van der Waals surface area contributed by atoms with Gasteiger partial charge in [-0.15, -0.1) is 0 Å². The molecule has 0 saturated carbocycles. The van der Waals surface area contributed by atoms with Crippen molar-refractivity contribution in [2.45, 2.75) is 32.4 Å². The van der Waals surface area contributed by atoms with Gasteiger partial charge in [-0.1, -0.05) is 50.0 Å². The molecule has 0 spiro atoms. The van der Waals surface area contributed by atoms with Gasteiger partial charge >= 0.3 is 0 Å². The Morgan fingerprint density at radius 3 is 2.52 bits per heavy atom. The summed E-state index contributed by atoms with van der Waals surface area (Å²) in [5.74, 6) is 2.07. The van der Waals surface area contributed by atoms with Gasteiger partial charge in [0, 0.05) is 18.9 Å². The highest BCUT2D eigenvalue weighted by Gasteiger charge is 2.36. The zero-order valence-electron chi connectivity index (χ0n) is 13.9. The molecule has 0 N–H and O–H groups in total. The van der Waals surface area contributed by atoms with Gasteiger partial charge in [0.1, 0.15) is 10.1 Å². The van der Waals surface area contributed by atoms with Gasteiger partial charge in [0.15, 0.2) is 0 Å². The number of methoxy groups -OCH3 is 2. The lowest BCUT2D eigenvalue weighted by Gasteiger charge is -2.28. The second-order valence-electron chi connectivity index (χ2n) is 5.85. The zero-order chi connectivity index (χ0) is 17.0. The number of hydrogen-bond donors (Lipinski definition) is 0. The van der Waals surface area contributed by atoms with E-state index < -0.39 is 0 Å². The molecule has 1 aliphatic heterocycles. The van der Waals surface area contributed by atoms with Gasteiger partial charge in [-0.25, -0.2) is 0 Å². The van der Waals surface area contributed by atoms with Gasteiger partial charge in [-0.3, -0.25) is 9.69 Å². The fourth-order valence-corrected chi connectivity index (χ4v) is 4.29. The highest BCUT2D eigenvalue weighted by atomic mass is 32.2. The third-order valence-corrected chi connectivity index (χ3v) is 5.58. The van der Waals surface area contributed by atoms with Crippen molar-refractivity contribution in [1.82, 2.24) is 4.90 Å². The Balaban J connectivity index is 2.10. The van der Waals surface area contributed by atoms with Crippen LogP contribution >= 0.6 is 24.0 Å². The first-order valence-corrected chi connectivity index (χ1v) is 9.02. The zero-order valence-corrected chi connectivity index (χ0v) is 15.6. The van der Waals surface area contributed by atoms with E-state index in [1.807, 2.05) is 24.3 Å². The quantitative estimate of drug-likeness (QED) is 0.730. The summed E-state index contributed by atoms with van der Waals surface area (Å²) in [5, 5.41) is 0. The van der Waals surface area contributed by atoms with E-state index in [1.165, 1.54) is 0 Å². The standard InChI is InChI=1S/C17H23NO3S2/c1-11(2)14-10-23-17(22)18(14)16(19)9-15(21-4)12-5-7-13(20-3)8-6-12/h5-8,11,14-15H,9-10H2,1-4H3/t14-,15+/m1/s1. The average Bonchev–Trinajstić information content (AvgIpc) is 2.94. The molecule has 0 bridgehead atoms. The van der Waals surface area contributed by atoms with E-state index in [0.29, 0.717) is 10.2 Å².